The summed E-state index contributed by atoms with van der Waals surface area (Å²) < 4.78 is 4.09. The predicted octanol–water partition coefficient (Wildman–Crippen LogP) is 3.32. The van der Waals surface area contributed by atoms with Gasteiger partial charge in [0.25, 0.3) is 0 Å². The van der Waals surface area contributed by atoms with Gasteiger partial charge >= 0.3 is 0 Å². The van der Waals surface area contributed by atoms with Gasteiger partial charge in [-0.15, -0.1) is 11.6 Å². The molecular formula is C8H13ClN2S. The quantitative estimate of drug-likeness (QED) is 0.704. The molecule has 0 aliphatic rings. The standard InChI is InChI=1S/C8H13ClN2S/c1-3-4-5-7(9)8-10-6(2)11-12-8/h7H,3-5H2,1-2H3. The van der Waals surface area contributed by atoms with Crippen LogP contribution in [0.1, 0.15) is 42.4 Å². The van der Waals surface area contributed by atoms with Crippen LogP contribution in [0.4, 0.5) is 0 Å². The monoisotopic (exact) mass is 204 g/mol. The van der Waals surface area contributed by atoms with Crippen molar-refractivity contribution in [1.29, 1.82) is 0 Å². The zero-order valence-electron chi connectivity index (χ0n) is 7.38. The summed E-state index contributed by atoms with van der Waals surface area (Å²) in [4.78, 5) is 4.24. The molecule has 1 aromatic heterocycles. The third kappa shape index (κ3) is 2.72. The van der Waals surface area contributed by atoms with Crippen LogP contribution in [0.5, 0.6) is 0 Å². The van der Waals surface area contributed by atoms with E-state index in [4.69, 9.17) is 11.6 Å². The van der Waals surface area contributed by atoms with Crippen LogP contribution in [-0.4, -0.2) is 9.36 Å². The second-order valence-electron chi connectivity index (χ2n) is 2.79. The number of aryl methyl sites for hydroxylation is 1. The molecule has 1 rings (SSSR count). The van der Waals surface area contributed by atoms with Gasteiger partial charge in [0.15, 0.2) is 0 Å². The minimum Gasteiger partial charge on any atom is -0.223 e. The Hall–Kier alpha value is -0.150. The number of rotatable bonds is 4. The van der Waals surface area contributed by atoms with Crippen LogP contribution >= 0.6 is 23.1 Å². The Kier molecular flexibility index (Phi) is 3.95. The lowest BCUT2D eigenvalue weighted by Crippen LogP contribution is -1.89. The molecule has 0 fully saturated rings. The van der Waals surface area contributed by atoms with Crippen LogP contribution in [0.25, 0.3) is 0 Å². The smallest absolute Gasteiger partial charge is 0.139 e. The second kappa shape index (κ2) is 4.77. The first kappa shape index (κ1) is 9.93. The van der Waals surface area contributed by atoms with Crippen LogP contribution in [0.3, 0.4) is 0 Å². The van der Waals surface area contributed by atoms with Crippen molar-refractivity contribution >= 4 is 23.1 Å². The zero-order chi connectivity index (χ0) is 8.97. The van der Waals surface area contributed by atoms with Gasteiger partial charge in [-0.1, -0.05) is 19.8 Å². The molecular weight excluding hydrogens is 192 g/mol. The molecule has 1 atom stereocenters. The van der Waals surface area contributed by atoms with E-state index in [1.54, 1.807) is 0 Å². The first-order chi connectivity index (χ1) is 5.74. The summed E-state index contributed by atoms with van der Waals surface area (Å²) in [6.07, 6.45) is 3.35. The predicted molar refractivity (Wildman–Crippen MR) is 52.8 cm³/mol. The van der Waals surface area contributed by atoms with Crippen molar-refractivity contribution in [3.63, 3.8) is 0 Å². The Balaban J connectivity index is 2.47. The number of hydrogen-bond acceptors (Lipinski definition) is 3. The Bertz CT molecular complexity index is 237. The lowest BCUT2D eigenvalue weighted by molar-refractivity contribution is 0.697. The van der Waals surface area contributed by atoms with Crippen molar-refractivity contribution in [1.82, 2.24) is 9.36 Å². The number of halogens is 1. The summed E-state index contributed by atoms with van der Waals surface area (Å²) in [5.41, 5.74) is 0. The minimum atomic E-state index is 0.0659. The maximum Gasteiger partial charge on any atom is 0.139 e. The van der Waals surface area contributed by atoms with Gasteiger partial charge < -0.3 is 0 Å². The molecule has 1 heterocycles. The molecule has 0 N–H and O–H groups in total. The number of hydrogen-bond donors (Lipinski definition) is 0. The highest BCUT2D eigenvalue weighted by Gasteiger charge is 2.11. The summed E-state index contributed by atoms with van der Waals surface area (Å²) in [6.45, 7) is 4.05. The summed E-state index contributed by atoms with van der Waals surface area (Å²) in [7, 11) is 0. The SMILES string of the molecule is CCCCC(Cl)c1nc(C)ns1. The number of unbranched alkanes of at least 4 members (excludes halogenated alkanes) is 1. The average Bonchev–Trinajstić information content (AvgIpc) is 2.47. The molecule has 0 aliphatic heterocycles. The maximum atomic E-state index is 6.11. The fourth-order valence-corrected chi connectivity index (χ4v) is 1.94. The van der Waals surface area contributed by atoms with E-state index in [1.807, 2.05) is 6.92 Å². The summed E-state index contributed by atoms with van der Waals surface area (Å²) in [5, 5.41) is 1.03. The van der Waals surface area contributed by atoms with E-state index in [2.05, 4.69) is 16.3 Å². The van der Waals surface area contributed by atoms with E-state index in [0.717, 1.165) is 23.7 Å². The van der Waals surface area contributed by atoms with E-state index in [-0.39, 0.29) is 5.38 Å². The van der Waals surface area contributed by atoms with E-state index >= 15 is 0 Å². The van der Waals surface area contributed by atoms with Crippen LogP contribution in [0.2, 0.25) is 0 Å². The molecule has 12 heavy (non-hydrogen) atoms. The van der Waals surface area contributed by atoms with Crippen molar-refractivity contribution in [3.8, 4) is 0 Å². The first-order valence-electron chi connectivity index (χ1n) is 4.18. The minimum absolute atomic E-state index is 0.0659. The van der Waals surface area contributed by atoms with Crippen LogP contribution in [0, 0.1) is 6.92 Å². The van der Waals surface area contributed by atoms with Gasteiger partial charge in [0, 0.05) is 0 Å². The lowest BCUT2D eigenvalue weighted by Gasteiger charge is -2.02. The van der Waals surface area contributed by atoms with Crippen molar-refractivity contribution in [2.24, 2.45) is 0 Å². The molecule has 1 aromatic rings. The molecule has 0 saturated carbocycles. The van der Waals surface area contributed by atoms with Gasteiger partial charge in [-0.2, -0.15) is 4.37 Å². The molecule has 0 saturated heterocycles. The lowest BCUT2D eigenvalue weighted by atomic mass is 10.2. The zero-order valence-corrected chi connectivity index (χ0v) is 8.95. The summed E-state index contributed by atoms with van der Waals surface area (Å²) >= 11 is 7.52. The summed E-state index contributed by atoms with van der Waals surface area (Å²) in [5.74, 6) is 0.831. The topological polar surface area (TPSA) is 25.8 Å². The molecule has 2 nitrogen and oxygen atoms in total. The summed E-state index contributed by atoms with van der Waals surface area (Å²) in [6, 6.07) is 0. The molecule has 0 bridgehead atoms. The second-order valence-corrected chi connectivity index (χ2v) is 4.10. The van der Waals surface area contributed by atoms with Crippen molar-refractivity contribution in [2.75, 3.05) is 0 Å². The van der Waals surface area contributed by atoms with Crippen molar-refractivity contribution < 1.29 is 0 Å². The van der Waals surface area contributed by atoms with E-state index in [0.29, 0.717) is 0 Å². The highest BCUT2D eigenvalue weighted by molar-refractivity contribution is 7.05. The highest BCUT2D eigenvalue weighted by atomic mass is 35.5. The fourth-order valence-electron chi connectivity index (χ4n) is 0.947. The van der Waals surface area contributed by atoms with Crippen molar-refractivity contribution in [2.45, 2.75) is 38.5 Å². The third-order valence-electron chi connectivity index (χ3n) is 1.62. The van der Waals surface area contributed by atoms with E-state index in [1.165, 1.54) is 18.0 Å². The molecule has 1 unspecified atom stereocenters. The van der Waals surface area contributed by atoms with Gasteiger partial charge in [0.2, 0.25) is 0 Å². The molecule has 68 valence electrons. The van der Waals surface area contributed by atoms with Gasteiger partial charge in [-0.3, -0.25) is 0 Å². The third-order valence-corrected chi connectivity index (χ3v) is 3.10. The molecule has 0 amide bonds. The Morgan fingerprint density at radius 3 is 2.83 bits per heavy atom. The number of alkyl halides is 1. The maximum absolute atomic E-state index is 6.11. The van der Waals surface area contributed by atoms with Crippen LogP contribution in [-0.2, 0) is 0 Å². The van der Waals surface area contributed by atoms with Gasteiger partial charge in [-0.05, 0) is 24.9 Å². The highest BCUT2D eigenvalue weighted by Crippen LogP contribution is 2.27. The molecule has 4 heteroatoms. The van der Waals surface area contributed by atoms with Gasteiger partial charge in [0.05, 0.1) is 5.38 Å². The number of aromatic nitrogens is 2. The number of nitrogens with zero attached hydrogens (tertiary/aromatic N) is 2. The van der Waals surface area contributed by atoms with E-state index < -0.39 is 0 Å². The molecule has 0 radical (unpaired) electrons. The van der Waals surface area contributed by atoms with E-state index in [9.17, 15) is 0 Å². The molecule has 0 aromatic carbocycles. The average molecular weight is 205 g/mol. The largest absolute Gasteiger partial charge is 0.223 e. The van der Waals surface area contributed by atoms with Gasteiger partial charge in [0.1, 0.15) is 10.8 Å². The molecule has 0 aliphatic carbocycles. The first-order valence-corrected chi connectivity index (χ1v) is 5.39. The normalized spacial score (nSPS) is 13.2. The molecule has 0 spiro atoms. The van der Waals surface area contributed by atoms with Crippen LogP contribution < -0.4 is 0 Å². The van der Waals surface area contributed by atoms with Gasteiger partial charge in [-0.25, -0.2) is 4.98 Å². The van der Waals surface area contributed by atoms with Crippen molar-refractivity contribution in [3.05, 3.63) is 10.8 Å². The fraction of sp³-hybridized carbons (Fsp3) is 0.750. The Morgan fingerprint density at radius 1 is 1.58 bits per heavy atom. The Labute approximate surface area is 82.1 Å². The Morgan fingerprint density at radius 2 is 2.33 bits per heavy atom. The van der Waals surface area contributed by atoms with Crippen LogP contribution in [0.15, 0.2) is 0 Å².